The van der Waals surface area contributed by atoms with Crippen LogP contribution in [0.25, 0.3) is 10.8 Å². The molecule has 3 aromatic rings. The van der Waals surface area contributed by atoms with Crippen LogP contribution in [0.3, 0.4) is 0 Å². The molecule has 4 heteroatoms. The molecule has 0 N–H and O–H groups in total. The predicted molar refractivity (Wildman–Crippen MR) is 96.0 cm³/mol. The molecule has 0 bridgehead atoms. The first-order valence-corrected chi connectivity index (χ1v) is 8.04. The van der Waals surface area contributed by atoms with Gasteiger partial charge in [0.25, 0.3) is 11.8 Å². The Bertz CT molecular complexity index is 1020. The number of halogens is 1. The highest BCUT2D eigenvalue weighted by Gasteiger charge is 2.34. The summed E-state index contributed by atoms with van der Waals surface area (Å²) in [5, 5.41) is 1.91. The van der Waals surface area contributed by atoms with Gasteiger partial charge >= 0.3 is 0 Å². The zero-order chi connectivity index (χ0) is 17.0. The van der Waals surface area contributed by atoms with Crippen molar-refractivity contribution >= 4 is 39.9 Å². The van der Waals surface area contributed by atoms with Crippen LogP contribution in [0.15, 0.2) is 48.5 Å². The van der Waals surface area contributed by atoms with E-state index in [0.29, 0.717) is 27.2 Å². The zero-order valence-corrected chi connectivity index (χ0v) is 14.0. The van der Waals surface area contributed by atoms with Crippen LogP contribution < -0.4 is 4.90 Å². The molecule has 0 spiro atoms. The minimum atomic E-state index is -0.313. The maximum atomic E-state index is 13.0. The smallest absolute Gasteiger partial charge is 0.265 e. The molecule has 1 heterocycles. The van der Waals surface area contributed by atoms with Crippen LogP contribution in [0.1, 0.15) is 31.8 Å². The second-order valence-corrected chi connectivity index (χ2v) is 6.47. The SMILES string of the molecule is Cc1ccc(N2C(=O)c3cccc4c(Cl)ccc(c34)C2=O)c(C)c1. The van der Waals surface area contributed by atoms with Crippen LogP contribution in [0.4, 0.5) is 5.69 Å². The number of aryl methyl sites for hydroxylation is 2. The molecule has 0 atom stereocenters. The highest BCUT2D eigenvalue weighted by atomic mass is 35.5. The molecule has 0 unspecified atom stereocenters. The van der Waals surface area contributed by atoms with Crippen molar-refractivity contribution in [2.75, 3.05) is 4.90 Å². The summed E-state index contributed by atoms with van der Waals surface area (Å²) in [6.07, 6.45) is 0. The van der Waals surface area contributed by atoms with E-state index >= 15 is 0 Å². The number of benzene rings is 3. The molecule has 24 heavy (non-hydrogen) atoms. The van der Waals surface area contributed by atoms with Crippen molar-refractivity contribution in [3.8, 4) is 0 Å². The number of hydrogen-bond acceptors (Lipinski definition) is 2. The van der Waals surface area contributed by atoms with Gasteiger partial charge in [0.05, 0.1) is 5.69 Å². The molecule has 1 aliphatic heterocycles. The van der Waals surface area contributed by atoms with Gasteiger partial charge in [0.15, 0.2) is 0 Å². The van der Waals surface area contributed by atoms with Gasteiger partial charge in [0, 0.05) is 26.9 Å². The van der Waals surface area contributed by atoms with Crippen molar-refractivity contribution < 1.29 is 9.59 Å². The summed E-state index contributed by atoms with van der Waals surface area (Å²) in [5.41, 5.74) is 3.60. The van der Waals surface area contributed by atoms with E-state index in [1.165, 1.54) is 4.90 Å². The summed E-state index contributed by atoms with van der Waals surface area (Å²) in [7, 11) is 0. The molecule has 3 aromatic carbocycles. The van der Waals surface area contributed by atoms with Crippen molar-refractivity contribution in [1.82, 2.24) is 0 Å². The number of nitrogens with zero attached hydrogens (tertiary/aromatic N) is 1. The number of rotatable bonds is 1. The summed E-state index contributed by atoms with van der Waals surface area (Å²) >= 11 is 6.24. The van der Waals surface area contributed by atoms with Crippen LogP contribution in [0.2, 0.25) is 5.02 Å². The minimum Gasteiger partial charge on any atom is -0.268 e. The molecule has 0 fully saturated rings. The summed E-state index contributed by atoms with van der Waals surface area (Å²) in [6, 6.07) is 14.5. The third-order valence-corrected chi connectivity index (χ3v) is 4.78. The van der Waals surface area contributed by atoms with Crippen molar-refractivity contribution in [1.29, 1.82) is 0 Å². The summed E-state index contributed by atoms with van der Waals surface area (Å²) in [6.45, 7) is 3.88. The molecule has 0 radical (unpaired) electrons. The lowest BCUT2D eigenvalue weighted by atomic mass is 9.93. The maximum absolute atomic E-state index is 13.0. The van der Waals surface area contributed by atoms with Crippen LogP contribution in [-0.2, 0) is 0 Å². The molecular weight excluding hydrogens is 322 g/mol. The fourth-order valence-electron chi connectivity index (χ4n) is 3.34. The number of carbonyl (C=O) groups excluding carboxylic acids is 2. The van der Waals surface area contributed by atoms with Crippen molar-refractivity contribution in [3.63, 3.8) is 0 Å². The van der Waals surface area contributed by atoms with Crippen molar-refractivity contribution in [2.24, 2.45) is 0 Å². The second kappa shape index (κ2) is 5.18. The molecule has 0 saturated carbocycles. The Morgan fingerprint density at radius 1 is 0.875 bits per heavy atom. The fraction of sp³-hybridized carbons (Fsp3) is 0.100. The van der Waals surface area contributed by atoms with E-state index in [9.17, 15) is 9.59 Å². The van der Waals surface area contributed by atoms with Crippen LogP contribution in [0.5, 0.6) is 0 Å². The third-order valence-electron chi connectivity index (χ3n) is 4.45. The Morgan fingerprint density at radius 3 is 2.29 bits per heavy atom. The van der Waals surface area contributed by atoms with Gasteiger partial charge in [-0.15, -0.1) is 0 Å². The highest BCUT2D eigenvalue weighted by Crippen LogP contribution is 2.36. The van der Waals surface area contributed by atoms with Gasteiger partial charge in [-0.1, -0.05) is 41.4 Å². The molecule has 0 aromatic heterocycles. The fourth-order valence-corrected chi connectivity index (χ4v) is 3.56. The van der Waals surface area contributed by atoms with E-state index in [2.05, 4.69) is 0 Å². The van der Waals surface area contributed by atoms with Crippen molar-refractivity contribution in [3.05, 3.63) is 75.8 Å². The number of imide groups is 1. The van der Waals surface area contributed by atoms with E-state index in [1.807, 2.05) is 38.1 Å². The number of amides is 2. The van der Waals surface area contributed by atoms with Crippen LogP contribution in [0, 0.1) is 13.8 Å². The lowest BCUT2D eigenvalue weighted by molar-refractivity contribution is 0.0893. The zero-order valence-electron chi connectivity index (χ0n) is 13.3. The Hall–Kier alpha value is -2.65. The van der Waals surface area contributed by atoms with E-state index < -0.39 is 0 Å². The highest BCUT2D eigenvalue weighted by molar-refractivity contribution is 6.41. The van der Waals surface area contributed by atoms with Gasteiger partial charge in [-0.05, 0) is 43.7 Å². The Kier molecular flexibility index (Phi) is 3.22. The second-order valence-electron chi connectivity index (χ2n) is 6.06. The lowest BCUT2D eigenvalue weighted by Gasteiger charge is -2.28. The van der Waals surface area contributed by atoms with Crippen LogP contribution in [-0.4, -0.2) is 11.8 Å². The van der Waals surface area contributed by atoms with E-state index in [-0.39, 0.29) is 11.8 Å². The van der Waals surface area contributed by atoms with E-state index in [4.69, 9.17) is 11.6 Å². The first-order valence-electron chi connectivity index (χ1n) is 7.66. The van der Waals surface area contributed by atoms with E-state index in [1.54, 1.807) is 24.3 Å². The van der Waals surface area contributed by atoms with E-state index in [0.717, 1.165) is 16.5 Å². The minimum absolute atomic E-state index is 0.313. The molecule has 0 saturated heterocycles. The van der Waals surface area contributed by atoms with Gasteiger partial charge in [-0.3, -0.25) is 9.59 Å². The Balaban J connectivity index is 2.01. The van der Waals surface area contributed by atoms with Gasteiger partial charge in [-0.2, -0.15) is 0 Å². The number of carbonyl (C=O) groups is 2. The average molecular weight is 336 g/mol. The Morgan fingerprint density at radius 2 is 1.58 bits per heavy atom. The molecule has 1 aliphatic rings. The summed E-state index contributed by atoms with van der Waals surface area (Å²) < 4.78 is 0. The quantitative estimate of drug-likeness (QED) is 0.592. The molecule has 0 aliphatic carbocycles. The Labute approximate surface area is 144 Å². The van der Waals surface area contributed by atoms with Gasteiger partial charge in [-0.25, -0.2) is 4.90 Å². The molecule has 4 rings (SSSR count). The summed E-state index contributed by atoms with van der Waals surface area (Å²) in [5.74, 6) is -0.625. The van der Waals surface area contributed by atoms with Gasteiger partial charge in [0.2, 0.25) is 0 Å². The summed E-state index contributed by atoms with van der Waals surface area (Å²) in [4.78, 5) is 27.3. The lowest BCUT2D eigenvalue weighted by Crippen LogP contribution is -2.40. The number of anilines is 1. The first-order chi connectivity index (χ1) is 11.5. The molecule has 3 nitrogen and oxygen atoms in total. The third kappa shape index (κ3) is 1.98. The normalized spacial score (nSPS) is 13.7. The number of hydrogen-bond donors (Lipinski definition) is 0. The monoisotopic (exact) mass is 335 g/mol. The largest absolute Gasteiger partial charge is 0.268 e. The van der Waals surface area contributed by atoms with Crippen molar-refractivity contribution in [2.45, 2.75) is 13.8 Å². The average Bonchev–Trinajstić information content (AvgIpc) is 2.56. The topological polar surface area (TPSA) is 37.4 Å². The molecule has 2 amide bonds. The molecular formula is C20H14ClNO2. The molecule has 118 valence electrons. The maximum Gasteiger partial charge on any atom is 0.265 e. The first kappa shape index (κ1) is 14.9. The van der Waals surface area contributed by atoms with Gasteiger partial charge < -0.3 is 0 Å². The van der Waals surface area contributed by atoms with Gasteiger partial charge in [0.1, 0.15) is 0 Å². The predicted octanol–water partition coefficient (Wildman–Crippen LogP) is 4.91. The van der Waals surface area contributed by atoms with Crippen LogP contribution >= 0.6 is 11.6 Å². The standard InChI is InChI=1S/C20H14ClNO2/c1-11-6-9-17(12(2)10-11)22-19(23)14-5-3-4-13-16(21)8-7-15(18(13)14)20(22)24/h3-10H,1-2H3.